The summed E-state index contributed by atoms with van der Waals surface area (Å²) in [6.45, 7) is 6.08. The summed E-state index contributed by atoms with van der Waals surface area (Å²) < 4.78 is 5.60. The number of carbonyl (C=O) groups is 2. The fraction of sp³-hybridized carbons (Fsp3) is 0.556. The van der Waals surface area contributed by atoms with Crippen molar-refractivity contribution in [2.24, 2.45) is 5.92 Å². The van der Waals surface area contributed by atoms with Crippen LogP contribution in [0.25, 0.3) is 0 Å². The van der Waals surface area contributed by atoms with Gasteiger partial charge in [-0.3, -0.25) is 14.5 Å². The highest BCUT2D eigenvalue weighted by Crippen LogP contribution is 2.19. The van der Waals surface area contributed by atoms with Crippen molar-refractivity contribution in [3.05, 3.63) is 29.8 Å². The molecule has 0 radical (unpaired) electrons. The molecule has 126 valence electrons. The van der Waals surface area contributed by atoms with Gasteiger partial charge in [0.1, 0.15) is 11.8 Å². The Kier molecular flexibility index (Phi) is 6.16. The Morgan fingerprint density at radius 3 is 2.61 bits per heavy atom. The van der Waals surface area contributed by atoms with Crippen molar-refractivity contribution in [2.75, 3.05) is 19.7 Å². The van der Waals surface area contributed by atoms with E-state index in [1.165, 1.54) is 0 Å². The second-order valence-electron chi connectivity index (χ2n) is 6.43. The van der Waals surface area contributed by atoms with E-state index >= 15 is 0 Å². The first-order chi connectivity index (χ1) is 11.0. The van der Waals surface area contributed by atoms with Crippen LogP contribution in [0.5, 0.6) is 5.75 Å². The lowest BCUT2D eigenvalue weighted by atomic mass is 10.1. The summed E-state index contributed by atoms with van der Waals surface area (Å²) in [5.74, 6) is 0.470. The van der Waals surface area contributed by atoms with Gasteiger partial charge in [0.2, 0.25) is 0 Å². The number of hydrogen-bond donors (Lipinski definition) is 1. The number of Topliss-reactive ketones (excluding diaryl/α,β-unsaturated/α-hetero) is 1. The van der Waals surface area contributed by atoms with E-state index in [4.69, 9.17) is 9.84 Å². The number of likely N-dealkylation sites (tertiary alicyclic amines) is 1. The topological polar surface area (TPSA) is 66.8 Å². The third kappa shape index (κ3) is 5.06. The zero-order valence-corrected chi connectivity index (χ0v) is 13.8. The van der Waals surface area contributed by atoms with Crippen molar-refractivity contribution >= 4 is 11.8 Å². The minimum absolute atomic E-state index is 0.0384. The third-order valence-electron chi connectivity index (χ3n) is 4.03. The molecule has 1 aromatic rings. The monoisotopic (exact) mass is 319 g/mol. The van der Waals surface area contributed by atoms with Crippen molar-refractivity contribution in [3.63, 3.8) is 0 Å². The van der Waals surface area contributed by atoms with Gasteiger partial charge in [-0.2, -0.15) is 0 Å². The van der Waals surface area contributed by atoms with Crippen molar-refractivity contribution in [2.45, 2.75) is 39.2 Å². The molecule has 1 aliphatic heterocycles. The number of carbonyl (C=O) groups excluding carboxylic acids is 1. The first kappa shape index (κ1) is 17.5. The molecule has 0 amide bonds. The third-order valence-corrected chi connectivity index (χ3v) is 4.03. The average molecular weight is 319 g/mol. The van der Waals surface area contributed by atoms with E-state index < -0.39 is 12.0 Å². The Morgan fingerprint density at radius 2 is 2.00 bits per heavy atom. The summed E-state index contributed by atoms with van der Waals surface area (Å²) >= 11 is 0. The fourth-order valence-electron chi connectivity index (χ4n) is 2.76. The standard InChI is InChI=1S/C18H25NO4/c1-13(2)12-23-15-7-5-14(6-8-15)17(20)9-11-19-10-3-4-16(19)18(21)22/h5-8,13,16H,3-4,9-12H2,1-2H3,(H,21,22). The average Bonchev–Trinajstić information content (AvgIpc) is 3.00. The molecular weight excluding hydrogens is 294 g/mol. The number of benzene rings is 1. The summed E-state index contributed by atoms with van der Waals surface area (Å²) in [6.07, 6.45) is 1.90. The fourth-order valence-corrected chi connectivity index (χ4v) is 2.76. The smallest absolute Gasteiger partial charge is 0.320 e. The minimum atomic E-state index is -0.790. The molecule has 0 aromatic heterocycles. The van der Waals surface area contributed by atoms with Crippen LogP contribution in [0.4, 0.5) is 0 Å². The number of rotatable bonds is 8. The van der Waals surface area contributed by atoms with Crippen LogP contribution in [0.3, 0.4) is 0 Å². The van der Waals surface area contributed by atoms with E-state index in [9.17, 15) is 9.59 Å². The number of carboxylic acids is 1. The normalized spacial score (nSPS) is 18.3. The van der Waals surface area contributed by atoms with Crippen LogP contribution in [0.1, 0.15) is 43.5 Å². The van der Waals surface area contributed by atoms with Gasteiger partial charge in [-0.15, -0.1) is 0 Å². The molecular formula is C18H25NO4. The zero-order valence-electron chi connectivity index (χ0n) is 13.8. The van der Waals surface area contributed by atoms with Gasteiger partial charge in [-0.25, -0.2) is 0 Å². The van der Waals surface area contributed by atoms with E-state index in [2.05, 4.69) is 13.8 Å². The molecule has 1 unspecified atom stereocenters. The Balaban J connectivity index is 1.84. The van der Waals surface area contributed by atoms with Crippen LogP contribution >= 0.6 is 0 Å². The van der Waals surface area contributed by atoms with E-state index in [1.807, 2.05) is 17.0 Å². The van der Waals surface area contributed by atoms with Crippen molar-refractivity contribution in [3.8, 4) is 5.75 Å². The Labute approximate surface area is 137 Å². The van der Waals surface area contributed by atoms with Crippen LogP contribution in [-0.2, 0) is 4.79 Å². The Morgan fingerprint density at radius 1 is 1.30 bits per heavy atom. The zero-order chi connectivity index (χ0) is 16.8. The molecule has 0 bridgehead atoms. The van der Waals surface area contributed by atoms with Crippen molar-refractivity contribution in [1.29, 1.82) is 0 Å². The lowest BCUT2D eigenvalue weighted by Gasteiger charge is -2.20. The maximum Gasteiger partial charge on any atom is 0.320 e. The van der Waals surface area contributed by atoms with Gasteiger partial charge in [0, 0.05) is 18.5 Å². The lowest BCUT2D eigenvalue weighted by Crippen LogP contribution is -2.37. The number of ketones is 1. The highest BCUT2D eigenvalue weighted by molar-refractivity contribution is 5.96. The molecule has 5 heteroatoms. The quantitative estimate of drug-likeness (QED) is 0.746. The molecule has 1 N–H and O–H groups in total. The van der Waals surface area contributed by atoms with Gasteiger partial charge in [0.15, 0.2) is 5.78 Å². The van der Waals surface area contributed by atoms with Crippen molar-refractivity contribution < 1.29 is 19.4 Å². The van der Waals surface area contributed by atoms with E-state index in [-0.39, 0.29) is 5.78 Å². The molecule has 1 atom stereocenters. The maximum atomic E-state index is 12.2. The number of hydrogen-bond acceptors (Lipinski definition) is 4. The summed E-state index contributed by atoms with van der Waals surface area (Å²) in [4.78, 5) is 25.3. The van der Waals surface area contributed by atoms with Crippen LogP contribution in [0.15, 0.2) is 24.3 Å². The Hall–Kier alpha value is -1.88. The predicted molar refractivity (Wildman–Crippen MR) is 88.0 cm³/mol. The van der Waals surface area contributed by atoms with Crippen LogP contribution in [-0.4, -0.2) is 47.5 Å². The van der Waals surface area contributed by atoms with Gasteiger partial charge < -0.3 is 9.84 Å². The van der Waals surface area contributed by atoms with Gasteiger partial charge in [0.25, 0.3) is 0 Å². The molecule has 1 heterocycles. The predicted octanol–water partition coefficient (Wildman–Crippen LogP) is 2.84. The molecule has 1 aromatic carbocycles. The van der Waals surface area contributed by atoms with Gasteiger partial charge >= 0.3 is 5.97 Å². The molecule has 1 aliphatic rings. The van der Waals surface area contributed by atoms with Gasteiger partial charge in [0.05, 0.1) is 6.61 Å². The second-order valence-corrected chi connectivity index (χ2v) is 6.43. The molecule has 0 spiro atoms. The number of aliphatic carboxylic acids is 1. The van der Waals surface area contributed by atoms with Gasteiger partial charge in [-0.05, 0) is 49.6 Å². The molecule has 23 heavy (non-hydrogen) atoms. The van der Waals surface area contributed by atoms with Crippen molar-refractivity contribution in [1.82, 2.24) is 4.90 Å². The number of ether oxygens (including phenoxy) is 1. The van der Waals surface area contributed by atoms with E-state index in [0.717, 1.165) is 18.7 Å². The van der Waals surface area contributed by atoms with Gasteiger partial charge in [-0.1, -0.05) is 13.8 Å². The second kappa shape index (κ2) is 8.11. The molecule has 2 rings (SSSR count). The number of nitrogens with zero attached hydrogens (tertiary/aromatic N) is 1. The summed E-state index contributed by atoms with van der Waals surface area (Å²) in [7, 11) is 0. The molecule has 1 saturated heterocycles. The maximum absolute atomic E-state index is 12.2. The van der Waals surface area contributed by atoms with E-state index in [1.54, 1.807) is 12.1 Å². The largest absolute Gasteiger partial charge is 0.493 e. The molecule has 5 nitrogen and oxygen atoms in total. The van der Waals surface area contributed by atoms with Crippen LogP contribution in [0, 0.1) is 5.92 Å². The minimum Gasteiger partial charge on any atom is -0.493 e. The van der Waals surface area contributed by atoms with Crippen LogP contribution in [0.2, 0.25) is 0 Å². The Bertz CT molecular complexity index is 538. The highest BCUT2D eigenvalue weighted by Gasteiger charge is 2.30. The molecule has 0 aliphatic carbocycles. The summed E-state index contributed by atoms with van der Waals surface area (Å²) in [5, 5.41) is 9.15. The summed E-state index contributed by atoms with van der Waals surface area (Å²) in [5.41, 5.74) is 0.646. The summed E-state index contributed by atoms with van der Waals surface area (Å²) in [6, 6.07) is 6.74. The lowest BCUT2D eigenvalue weighted by molar-refractivity contribution is -0.142. The highest BCUT2D eigenvalue weighted by atomic mass is 16.5. The SMILES string of the molecule is CC(C)COc1ccc(C(=O)CCN2CCCC2C(=O)O)cc1. The molecule has 0 saturated carbocycles. The first-order valence-electron chi connectivity index (χ1n) is 8.20. The molecule has 1 fully saturated rings. The van der Waals surface area contributed by atoms with Crippen LogP contribution < -0.4 is 4.74 Å². The van der Waals surface area contributed by atoms with E-state index in [0.29, 0.717) is 37.5 Å². The first-order valence-corrected chi connectivity index (χ1v) is 8.20. The number of carboxylic acid groups (broad SMARTS) is 1.